The van der Waals surface area contributed by atoms with Crippen LogP contribution in [0, 0.1) is 0 Å². The highest BCUT2D eigenvalue weighted by atomic mass is 16.2. The molecule has 0 radical (unpaired) electrons. The lowest BCUT2D eigenvalue weighted by molar-refractivity contribution is -0.119. The van der Waals surface area contributed by atoms with Gasteiger partial charge in [0.05, 0.1) is 12.1 Å². The normalized spacial score (nSPS) is 27.5. The van der Waals surface area contributed by atoms with Gasteiger partial charge >= 0.3 is 0 Å². The van der Waals surface area contributed by atoms with Crippen molar-refractivity contribution in [3.05, 3.63) is 29.8 Å². The lowest BCUT2D eigenvalue weighted by atomic mass is 10.2. The molecule has 4 nitrogen and oxygen atoms in total. The monoisotopic (exact) mass is 216 g/mol. The van der Waals surface area contributed by atoms with E-state index < -0.39 is 0 Å². The first-order chi connectivity index (χ1) is 7.79. The van der Waals surface area contributed by atoms with Gasteiger partial charge in [-0.05, 0) is 18.6 Å². The Bertz CT molecular complexity index is 458. The summed E-state index contributed by atoms with van der Waals surface area (Å²) in [6, 6.07) is 7.43. The predicted octanol–water partition coefficient (Wildman–Crippen LogP) is 0.576. The topological polar surface area (TPSA) is 49.4 Å². The van der Waals surface area contributed by atoms with E-state index in [-0.39, 0.29) is 18.0 Å². The molecule has 2 aliphatic rings. The summed E-state index contributed by atoms with van der Waals surface area (Å²) in [5.74, 6) is 0.124. The molecule has 4 heteroatoms. The lowest BCUT2D eigenvalue weighted by Gasteiger charge is -2.27. The zero-order valence-electron chi connectivity index (χ0n) is 8.72. The van der Waals surface area contributed by atoms with E-state index in [9.17, 15) is 9.59 Å². The highest BCUT2D eigenvalue weighted by Gasteiger charge is 2.45. The first-order valence-corrected chi connectivity index (χ1v) is 5.41. The maximum absolute atomic E-state index is 11.9. The predicted molar refractivity (Wildman–Crippen MR) is 59.5 cm³/mol. The van der Waals surface area contributed by atoms with Gasteiger partial charge in [-0.3, -0.25) is 9.59 Å². The fourth-order valence-corrected chi connectivity index (χ4v) is 2.54. The van der Waals surface area contributed by atoms with Crippen molar-refractivity contribution in [1.82, 2.24) is 5.32 Å². The summed E-state index contributed by atoms with van der Waals surface area (Å²) in [4.78, 5) is 24.5. The van der Waals surface area contributed by atoms with Crippen LogP contribution in [0.15, 0.2) is 24.3 Å². The molecule has 2 saturated heterocycles. The van der Waals surface area contributed by atoms with E-state index in [1.165, 1.54) is 0 Å². The Morgan fingerprint density at radius 1 is 1.44 bits per heavy atom. The average Bonchev–Trinajstić information content (AvgIpc) is 2.89. The molecule has 2 bridgehead atoms. The second kappa shape index (κ2) is 3.42. The van der Waals surface area contributed by atoms with E-state index >= 15 is 0 Å². The minimum Gasteiger partial charge on any atom is -0.307 e. The first-order valence-electron chi connectivity index (χ1n) is 5.41. The van der Waals surface area contributed by atoms with Gasteiger partial charge in [-0.25, -0.2) is 0 Å². The van der Waals surface area contributed by atoms with Crippen molar-refractivity contribution in [3.8, 4) is 0 Å². The van der Waals surface area contributed by atoms with Crippen molar-refractivity contribution in [2.45, 2.75) is 18.5 Å². The number of carbonyl (C=O) groups excluding carboxylic acids is 2. The maximum atomic E-state index is 11.9. The van der Waals surface area contributed by atoms with Crippen molar-refractivity contribution < 1.29 is 9.59 Å². The number of hydrogen-bond donors (Lipinski definition) is 1. The van der Waals surface area contributed by atoms with E-state index in [2.05, 4.69) is 5.32 Å². The number of amides is 1. The molecule has 1 amide bonds. The third-order valence-electron chi connectivity index (χ3n) is 3.29. The number of fused-ring (bicyclic) bond motifs is 2. The van der Waals surface area contributed by atoms with E-state index in [0.29, 0.717) is 5.56 Å². The van der Waals surface area contributed by atoms with Crippen molar-refractivity contribution in [2.75, 3.05) is 11.4 Å². The van der Waals surface area contributed by atoms with E-state index in [4.69, 9.17) is 0 Å². The summed E-state index contributed by atoms with van der Waals surface area (Å²) in [6.45, 7) is 0.849. The van der Waals surface area contributed by atoms with Crippen molar-refractivity contribution in [2.24, 2.45) is 0 Å². The van der Waals surface area contributed by atoms with Crippen LogP contribution in [0.4, 0.5) is 5.69 Å². The molecular formula is C12H12N2O2. The van der Waals surface area contributed by atoms with Gasteiger partial charge in [-0.15, -0.1) is 0 Å². The number of aldehydes is 1. The number of piperazine rings is 1. The summed E-state index contributed by atoms with van der Waals surface area (Å²) in [7, 11) is 0. The zero-order chi connectivity index (χ0) is 11.1. The first kappa shape index (κ1) is 9.54. The number of benzene rings is 1. The molecule has 2 unspecified atom stereocenters. The van der Waals surface area contributed by atoms with Gasteiger partial charge in [0.2, 0.25) is 5.91 Å². The molecule has 2 fully saturated rings. The highest BCUT2D eigenvalue weighted by molar-refractivity contribution is 6.01. The Kier molecular flexibility index (Phi) is 2.04. The summed E-state index contributed by atoms with van der Waals surface area (Å²) in [5.41, 5.74) is 1.45. The number of nitrogens with one attached hydrogen (secondary N) is 1. The van der Waals surface area contributed by atoms with Crippen LogP contribution in [-0.2, 0) is 4.79 Å². The quantitative estimate of drug-likeness (QED) is 0.735. The van der Waals surface area contributed by atoms with Crippen LogP contribution in [-0.4, -0.2) is 30.8 Å². The number of nitrogens with zero attached hydrogens (tertiary/aromatic N) is 1. The average molecular weight is 216 g/mol. The largest absolute Gasteiger partial charge is 0.307 e. The number of hydrogen-bond acceptors (Lipinski definition) is 3. The van der Waals surface area contributed by atoms with Gasteiger partial charge < -0.3 is 10.2 Å². The molecular weight excluding hydrogens is 204 g/mol. The Hall–Kier alpha value is -1.68. The summed E-state index contributed by atoms with van der Waals surface area (Å²) in [5, 5.41) is 3.17. The van der Waals surface area contributed by atoms with Gasteiger partial charge in [0.1, 0.15) is 6.29 Å². The second-order valence-corrected chi connectivity index (χ2v) is 4.27. The van der Waals surface area contributed by atoms with E-state index in [1.54, 1.807) is 12.1 Å². The summed E-state index contributed by atoms with van der Waals surface area (Å²) >= 11 is 0. The molecule has 0 spiro atoms. The molecule has 1 aromatic carbocycles. The van der Waals surface area contributed by atoms with Gasteiger partial charge in [0, 0.05) is 17.8 Å². The molecule has 2 atom stereocenters. The van der Waals surface area contributed by atoms with Gasteiger partial charge in [0.25, 0.3) is 0 Å². The lowest BCUT2D eigenvalue weighted by Crippen LogP contribution is -2.48. The van der Waals surface area contributed by atoms with Crippen LogP contribution in [0.5, 0.6) is 0 Å². The smallest absolute Gasteiger partial charge is 0.244 e. The third kappa shape index (κ3) is 1.27. The van der Waals surface area contributed by atoms with Crippen molar-refractivity contribution in [1.29, 1.82) is 0 Å². The molecule has 1 N–H and O–H groups in total. The minimum atomic E-state index is -0.0233. The SMILES string of the molecule is O=Cc1cccc(N2C(=O)C3CC2CN3)c1. The minimum absolute atomic E-state index is 0.0233. The van der Waals surface area contributed by atoms with Gasteiger partial charge in [0.15, 0.2) is 0 Å². The Morgan fingerprint density at radius 2 is 2.31 bits per heavy atom. The van der Waals surface area contributed by atoms with Crippen molar-refractivity contribution >= 4 is 17.9 Å². The third-order valence-corrected chi connectivity index (χ3v) is 3.29. The standard InChI is InChI=1S/C12H12N2O2/c15-7-8-2-1-3-9(4-8)14-10-5-11(12(14)16)13-6-10/h1-4,7,10-11,13H,5-6H2. The molecule has 2 heterocycles. The number of carbonyl (C=O) groups is 2. The van der Waals surface area contributed by atoms with Crippen LogP contribution >= 0.6 is 0 Å². The van der Waals surface area contributed by atoms with Crippen molar-refractivity contribution in [3.63, 3.8) is 0 Å². The van der Waals surface area contributed by atoms with E-state index in [1.807, 2.05) is 17.0 Å². The van der Waals surface area contributed by atoms with Crippen LogP contribution in [0.1, 0.15) is 16.8 Å². The fraction of sp³-hybridized carbons (Fsp3) is 0.333. The fourth-order valence-electron chi connectivity index (χ4n) is 2.54. The molecule has 0 saturated carbocycles. The molecule has 2 aliphatic heterocycles. The Balaban J connectivity index is 1.97. The number of rotatable bonds is 2. The van der Waals surface area contributed by atoms with Crippen LogP contribution < -0.4 is 10.2 Å². The van der Waals surface area contributed by atoms with Crippen LogP contribution in [0.25, 0.3) is 0 Å². The maximum Gasteiger partial charge on any atom is 0.244 e. The van der Waals surface area contributed by atoms with Gasteiger partial charge in [-0.1, -0.05) is 12.1 Å². The molecule has 3 rings (SSSR count). The highest BCUT2D eigenvalue weighted by Crippen LogP contribution is 2.30. The Labute approximate surface area is 93.2 Å². The molecule has 0 aromatic heterocycles. The van der Waals surface area contributed by atoms with Gasteiger partial charge in [-0.2, -0.15) is 0 Å². The number of anilines is 1. The van der Waals surface area contributed by atoms with E-state index in [0.717, 1.165) is 24.9 Å². The second-order valence-electron chi connectivity index (χ2n) is 4.27. The summed E-state index contributed by atoms with van der Waals surface area (Å²) < 4.78 is 0. The Morgan fingerprint density at radius 3 is 3.00 bits per heavy atom. The molecule has 0 aliphatic carbocycles. The molecule has 1 aromatic rings. The molecule has 82 valence electrons. The molecule has 16 heavy (non-hydrogen) atoms. The summed E-state index contributed by atoms with van der Waals surface area (Å²) in [6.07, 6.45) is 1.69. The zero-order valence-corrected chi connectivity index (χ0v) is 8.72. The van der Waals surface area contributed by atoms with Crippen LogP contribution in [0.3, 0.4) is 0 Å². The van der Waals surface area contributed by atoms with Crippen LogP contribution in [0.2, 0.25) is 0 Å².